The normalized spacial score (nSPS) is 11.3. The summed E-state index contributed by atoms with van der Waals surface area (Å²) in [6.07, 6.45) is 4.44. The largest absolute Gasteiger partial charge is 0.505 e. The van der Waals surface area contributed by atoms with E-state index in [2.05, 4.69) is 50.1 Å². The van der Waals surface area contributed by atoms with E-state index in [9.17, 15) is 49.1 Å². The van der Waals surface area contributed by atoms with Gasteiger partial charge in [0.1, 0.15) is 11.4 Å². The highest BCUT2D eigenvalue weighted by Gasteiger charge is 2.32. The number of benzene rings is 5. The number of nitrogens with two attached hydrogens (primary N) is 2. The van der Waals surface area contributed by atoms with Crippen LogP contribution in [0.1, 0.15) is 172 Å². The van der Waals surface area contributed by atoms with Gasteiger partial charge in [-0.15, -0.1) is 27.2 Å². The number of esters is 5. The quantitative estimate of drug-likeness (QED) is 0.00691. The first-order valence-corrected chi connectivity index (χ1v) is 40.3. The van der Waals surface area contributed by atoms with E-state index >= 15 is 0 Å². The van der Waals surface area contributed by atoms with Crippen LogP contribution in [0.15, 0.2) is 106 Å². The van der Waals surface area contributed by atoms with Crippen molar-refractivity contribution >= 4 is 97.9 Å². The number of fused-ring (bicyclic) bond motifs is 1. The van der Waals surface area contributed by atoms with E-state index in [1.807, 2.05) is 138 Å². The molecule has 0 spiro atoms. The molecule has 29 nitrogen and oxygen atoms in total. The summed E-state index contributed by atoms with van der Waals surface area (Å²) in [6.45, 7) is 31.0. The van der Waals surface area contributed by atoms with Crippen molar-refractivity contribution in [3.8, 4) is 73.7 Å². The van der Waals surface area contributed by atoms with Gasteiger partial charge in [-0.1, -0.05) is 30.3 Å². The first kappa shape index (κ1) is 96.0. The van der Waals surface area contributed by atoms with Gasteiger partial charge in [0.25, 0.3) is 5.56 Å². The Morgan fingerprint density at radius 3 is 1.23 bits per heavy atom. The molecule has 1 aliphatic rings. The van der Waals surface area contributed by atoms with Crippen LogP contribution in [-0.2, 0) is 71.8 Å². The molecule has 121 heavy (non-hydrogen) atoms. The molecule has 0 saturated carbocycles. The number of aryl methyl sites for hydroxylation is 3. The summed E-state index contributed by atoms with van der Waals surface area (Å²) in [5, 5.41) is 44.2. The summed E-state index contributed by atoms with van der Waals surface area (Å²) < 4.78 is 48.5. The summed E-state index contributed by atoms with van der Waals surface area (Å²) in [5.41, 5.74) is 33.0. The fourth-order valence-corrected chi connectivity index (χ4v) is 15.9. The van der Waals surface area contributed by atoms with Crippen molar-refractivity contribution in [2.45, 2.75) is 136 Å². The van der Waals surface area contributed by atoms with Crippen LogP contribution in [0.25, 0.3) is 50.7 Å². The SMILES string of the molecule is Br.CCOC(=O)c1c(C)c(-c2cccc(N)c2O)n(C)c1C.CCOC(=O)c1c(C)c(-c2cccc(N)c2OC)n(C)c1C.CCOC(=O)c1c(C)c(-c2cccc(N=Nc3c(C)[nH]n(-c4ccc5c(c4)CCCC5)c3=O)c2O)n(C)c1C.CCOC(=O)c1c(C)c(-c2cccc([N+](=O)[O-])c2OC)n(C)c1C.CCOC(=O)c1c(C)c(I)n(C)c1C. The first-order valence-electron chi connectivity index (χ1n) is 39.2. The van der Waals surface area contributed by atoms with E-state index < -0.39 is 16.9 Å². The maximum Gasteiger partial charge on any atom is 0.340 e. The number of para-hydroxylation sites is 4. The molecule has 0 amide bonds. The summed E-state index contributed by atoms with van der Waals surface area (Å²) >= 11 is 2.23. The lowest BCUT2D eigenvalue weighted by Gasteiger charge is -2.16. The summed E-state index contributed by atoms with van der Waals surface area (Å²) in [7, 11) is 12.3. The number of halogens is 2. The Labute approximate surface area is 728 Å². The van der Waals surface area contributed by atoms with Gasteiger partial charge >= 0.3 is 35.5 Å². The van der Waals surface area contributed by atoms with Crippen LogP contribution in [0, 0.1) is 90.0 Å². The van der Waals surface area contributed by atoms with Crippen molar-refractivity contribution in [1.82, 2.24) is 32.6 Å². The minimum Gasteiger partial charge on any atom is -0.505 e. The molecule has 0 saturated heterocycles. The molecule has 31 heteroatoms. The number of azo groups is 1. The maximum atomic E-state index is 13.3. The second kappa shape index (κ2) is 41.7. The number of carbonyl (C=O) groups excluding carboxylic acids is 5. The van der Waals surface area contributed by atoms with E-state index in [1.165, 1.54) is 35.4 Å². The van der Waals surface area contributed by atoms with Gasteiger partial charge in [-0.2, -0.15) is 0 Å². The predicted octanol–water partition coefficient (Wildman–Crippen LogP) is 18.5. The molecule has 5 aromatic carbocycles. The zero-order valence-corrected chi connectivity index (χ0v) is 76.9. The molecular weight excluding hydrogens is 1730 g/mol. The molecule has 7 N–H and O–H groups in total. The van der Waals surface area contributed by atoms with Crippen molar-refractivity contribution in [1.29, 1.82) is 0 Å². The number of hydrogen-bond acceptors (Lipinski definition) is 21. The molecule has 11 aromatic rings. The molecule has 0 aliphatic heterocycles. The Bertz CT molecular complexity index is 5800. The summed E-state index contributed by atoms with van der Waals surface area (Å²) in [6, 6.07) is 26.8. The van der Waals surface area contributed by atoms with Gasteiger partial charge in [-0.3, -0.25) is 20.0 Å². The third-order valence-electron chi connectivity index (χ3n) is 21.6. The highest BCUT2D eigenvalue weighted by atomic mass is 127. The average molecular weight is 1840 g/mol. The molecule has 0 fully saturated rings. The molecular formula is C90H110BrIN12O17. The van der Waals surface area contributed by atoms with Gasteiger partial charge in [0.15, 0.2) is 17.2 Å². The Balaban J connectivity index is 0.000000217. The van der Waals surface area contributed by atoms with Gasteiger partial charge in [0.05, 0.1) is 129 Å². The van der Waals surface area contributed by atoms with E-state index in [0.717, 1.165) is 90.8 Å². The zero-order chi connectivity index (χ0) is 88.9. The van der Waals surface area contributed by atoms with Gasteiger partial charge in [0, 0.05) is 92.0 Å². The van der Waals surface area contributed by atoms with Crippen molar-refractivity contribution in [2.24, 2.45) is 45.5 Å². The Kier molecular flexibility index (Phi) is 33.1. The highest BCUT2D eigenvalue weighted by molar-refractivity contribution is 14.1. The van der Waals surface area contributed by atoms with Crippen molar-refractivity contribution in [3.63, 3.8) is 0 Å². The number of nitro benzene ring substituents is 1. The monoisotopic (exact) mass is 1840 g/mol. The molecule has 0 atom stereocenters. The van der Waals surface area contributed by atoms with Crippen LogP contribution in [0.3, 0.4) is 0 Å². The van der Waals surface area contributed by atoms with Crippen molar-refractivity contribution in [3.05, 3.63) is 216 Å². The molecule has 0 radical (unpaired) electrons. The van der Waals surface area contributed by atoms with Crippen LogP contribution in [0.2, 0.25) is 0 Å². The number of carbonyl (C=O) groups is 5. The lowest BCUT2D eigenvalue weighted by atomic mass is 9.91. The summed E-state index contributed by atoms with van der Waals surface area (Å²) in [5.74, 6) is -0.967. The van der Waals surface area contributed by atoms with Gasteiger partial charge in [-0.25, -0.2) is 28.7 Å². The van der Waals surface area contributed by atoms with Crippen molar-refractivity contribution in [2.75, 3.05) is 58.7 Å². The smallest absolute Gasteiger partial charge is 0.340 e. The predicted molar refractivity (Wildman–Crippen MR) is 483 cm³/mol. The molecule has 6 heterocycles. The number of aromatic nitrogens is 7. The number of phenolic OH excluding ortho intramolecular Hbond substituents is 2. The number of H-pyrrole nitrogens is 1. The number of aromatic amines is 1. The Hall–Kier alpha value is -12.1. The molecule has 0 bridgehead atoms. The Morgan fingerprint density at radius 2 is 0.835 bits per heavy atom. The number of ether oxygens (including phenoxy) is 7. The Morgan fingerprint density at radius 1 is 0.479 bits per heavy atom. The number of anilines is 2. The number of phenols is 2. The number of rotatable bonds is 20. The number of nitrogen functional groups attached to an aromatic ring is 2. The molecule has 0 unspecified atom stereocenters. The lowest BCUT2D eigenvalue weighted by molar-refractivity contribution is -0.385. The van der Waals surface area contributed by atoms with Crippen LogP contribution in [0.4, 0.5) is 28.4 Å². The minimum absolute atomic E-state index is 0. The minimum atomic E-state index is -0.486. The zero-order valence-electron chi connectivity index (χ0n) is 73.0. The standard InChI is InChI=1S/C30H33N5O4.C17H20N2O5.C17H22N2O3.C16H20N2O3.C10H14INO2.BrH/c1-6-39-30(38)25-17(2)27(34(5)19(25)4)23-12-9-13-24(28(23)36)31-32-26-18(3)33-35(29(26)37)22-15-14-20-10-7-8-11-21(20)16-22;1-6-24-17(20)14-10(2)15(18(4)11(14)3)12-8-7-9-13(19(21)22)16(12)23-5;1-6-22-17(20)14-10(2)15(19(4)11(14)3)12-8-7-9-13(18)16(12)21-5;1-5-21-16(20)13-9(2)14(18(4)10(13)3)11-7-6-8-12(17)15(11)19;1-5-14-10(13)8-6(2)9(11)12(4)7(8)3;/h9,12-16,33,36H,6-8,10-11H2,1-5H3;7-9H,6H2,1-5H3;7-9H,6,18H2,1-5H3;6-8,19H,5,17H2,1-4H3;5H2,1-4H3;1H. The lowest BCUT2D eigenvalue weighted by Crippen LogP contribution is -2.15. The van der Waals surface area contributed by atoms with E-state index in [0.29, 0.717) is 110 Å². The average Bonchev–Trinajstić information content (AvgIpc) is 1.63. The third-order valence-corrected chi connectivity index (χ3v) is 23.1. The van der Waals surface area contributed by atoms with E-state index in [4.69, 9.17) is 44.6 Å². The van der Waals surface area contributed by atoms with Crippen LogP contribution in [-0.4, -0.2) is 125 Å². The van der Waals surface area contributed by atoms with Crippen LogP contribution >= 0.6 is 39.6 Å². The first-order chi connectivity index (χ1) is 56.9. The van der Waals surface area contributed by atoms with Crippen LogP contribution < -0.4 is 26.5 Å². The molecule has 1 aliphatic carbocycles. The second-order valence-electron chi connectivity index (χ2n) is 28.6. The number of hydrogen-bond donors (Lipinski definition) is 5. The molecule has 12 rings (SSSR count). The maximum absolute atomic E-state index is 13.3. The highest BCUT2D eigenvalue weighted by Crippen LogP contribution is 2.45. The number of methoxy groups -OCH3 is 2. The fourth-order valence-electron chi connectivity index (χ4n) is 15.3. The summed E-state index contributed by atoms with van der Waals surface area (Å²) in [4.78, 5) is 84.8. The number of nitrogens with zero attached hydrogens (tertiary/aromatic N) is 9. The third kappa shape index (κ3) is 19.7. The molecule has 646 valence electrons. The molecule has 6 aromatic heterocycles. The fraction of sp³-hybridized carbons (Fsp3) is 0.356. The number of nitro groups is 1. The van der Waals surface area contributed by atoms with Gasteiger partial charge in [0.2, 0.25) is 5.75 Å². The topological polar surface area (TPSA) is 373 Å². The van der Waals surface area contributed by atoms with Gasteiger partial charge in [-0.05, 0) is 253 Å². The number of nitrogens with one attached hydrogen (secondary N) is 1. The van der Waals surface area contributed by atoms with E-state index in [1.54, 1.807) is 110 Å². The second-order valence-corrected chi connectivity index (χ2v) is 29.6. The van der Waals surface area contributed by atoms with E-state index in [-0.39, 0.29) is 88.0 Å². The number of aromatic hydroxyl groups is 2. The van der Waals surface area contributed by atoms with Gasteiger partial charge < -0.3 is 77.7 Å². The van der Waals surface area contributed by atoms with Crippen molar-refractivity contribution < 1.29 is 72.3 Å². The van der Waals surface area contributed by atoms with Crippen LogP contribution in [0.5, 0.6) is 23.0 Å².